The van der Waals surface area contributed by atoms with Gasteiger partial charge in [-0.1, -0.05) is 23.9 Å². The molecule has 0 radical (unpaired) electrons. The molecule has 2 heterocycles. The van der Waals surface area contributed by atoms with E-state index in [2.05, 4.69) is 16.5 Å². The fraction of sp³-hybridized carbons (Fsp3) is 0.286. The first-order chi connectivity index (χ1) is 13.7. The Balaban J connectivity index is 1.38. The molecule has 0 atom stereocenters. The SMILES string of the molecule is CCn1c(SCC(=O)Oc2ccc(N3CCCC3=O)cc2)nc2ccccc21. The van der Waals surface area contributed by atoms with E-state index in [1.54, 1.807) is 17.0 Å². The van der Waals surface area contributed by atoms with Crippen LogP contribution in [0.5, 0.6) is 5.75 Å². The van der Waals surface area contributed by atoms with Gasteiger partial charge in [-0.3, -0.25) is 9.59 Å². The number of ether oxygens (including phenoxy) is 1. The summed E-state index contributed by atoms with van der Waals surface area (Å²) in [6, 6.07) is 15.0. The molecule has 0 aliphatic carbocycles. The number of aryl methyl sites for hydroxylation is 1. The first-order valence-corrected chi connectivity index (χ1v) is 10.3. The number of carbonyl (C=O) groups is 2. The fourth-order valence-electron chi connectivity index (χ4n) is 3.37. The first kappa shape index (κ1) is 18.6. The van der Waals surface area contributed by atoms with Crippen molar-refractivity contribution in [1.29, 1.82) is 0 Å². The largest absolute Gasteiger partial charge is 0.426 e. The third-order valence-corrected chi connectivity index (χ3v) is 5.66. The second-order valence-corrected chi connectivity index (χ2v) is 7.48. The van der Waals surface area contributed by atoms with E-state index in [4.69, 9.17) is 4.74 Å². The molecule has 0 bridgehead atoms. The Morgan fingerprint density at radius 2 is 1.96 bits per heavy atom. The predicted octanol–water partition coefficient (Wildman–Crippen LogP) is 3.88. The van der Waals surface area contributed by atoms with Crippen molar-refractivity contribution < 1.29 is 14.3 Å². The predicted molar refractivity (Wildman–Crippen MR) is 110 cm³/mol. The molecule has 1 aromatic heterocycles. The molecule has 0 N–H and O–H groups in total. The molecule has 28 heavy (non-hydrogen) atoms. The molecule has 7 heteroatoms. The maximum absolute atomic E-state index is 12.2. The highest BCUT2D eigenvalue weighted by atomic mass is 32.2. The second-order valence-electron chi connectivity index (χ2n) is 6.53. The van der Waals surface area contributed by atoms with Gasteiger partial charge in [0.25, 0.3) is 0 Å². The maximum atomic E-state index is 12.2. The monoisotopic (exact) mass is 395 g/mol. The van der Waals surface area contributed by atoms with Crippen LogP contribution in [0.2, 0.25) is 0 Å². The molecule has 0 spiro atoms. The number of hydrogen-bond acceptors (Lipinski definition) is 5. The topological polar surface area (TPSA) is 64.4 Å². The van der Waals surface area contributed by atoms with Gasteiger partial charge in [-0.25, -0.2) is 4.98 Å². The van der Waals surface area contributed by atoms with Gasteiger partial charge >= 0.3 is 5.97 Å². The van der Waals surface area contributed by atoms with Gasteiger partial charge in [0.15, 0.2) is 5.16 Å². The molecule has 144 valence electrons. The van der Waals surface area contributed by atoms with Gasteiger partial charge < -0.3 is 14.2 Å². The summed E-state index contributed by atoms with van der Waals surface area (Å²) in [7, 11) is 0. The average molecular weight is 395 g/mol. The molecule has 0 unspecified atom stereocenters. The number of nitrogens with zero attached hydrogens (tertiary/aromatic N) is 3. The molecule has 4 rings (SSSR count). The Morgan fingerprint density at radius 3 is 2.68 bits per heavy atom. The van der Waals surface area contributed by atoms with E-state index in [0.717, 1.165) is 41.4 Å². The van der Waals surface area contributed by atoms with Crippen LogP contribution in [0.15, 0.2) is 53.7 Å². The molecule has 2 aromatic carbocycles. The maximum Gasteiger partial charge on any atom is 0.321 e. The zero-order valence-electron chi connectivity index (χ0n) is 15.6. The molecule has 1 aliphatic rings. The van der Waals surface area contributed by atoms with E-state index in [1.165, 1.54) is 11.8 Å². The van der Waals surface area contributed by atoms with Crippen LogP contribution in [0.1, 0.15) is 19.8 Å². The number of benzene rings is 2. The van der Waals surface area contributed by atoms with Crippen molar-refractivity contribution in [3.05, 3.63) is 48.5 Å². The van der Waals surface area contributed by atoms with E-state index >= 15 is 0 Å². The Morgan fingerprint density at radius 1 is 1.18 bits per heavy atom. The zero-order valence-corrected chi connectivity index (χ0v) is 16.4. The number of imidazole rings is 1. The summed E-state index contributed by atoms with van der Waals surface area (Å²) in [5.74, 6) is 0.463. The van der Waals surface area contributed by atoms with Crippen LogP contribution in [-0.2, 0) is 16.1 Å². The lowest BCUT2D eigenvalue weighted by Crippen LogP contribution is -2.23. The van der Waals surface area contributed by atoms with Crippen molar-refractivity contribution >= 4 is 40.4 Å². The summed E-state index contributed by atoms with van der Waals surface area (Å²) < 4.78 is 7.52. The second kappa shape index (κ2) is 8.06. The van der Waals surface area contributed by atoms with Crippen LogP contribution in [0.3, 0.4) is 0 Å². The van der Waals surface area contributed by atoms with Gasteiger partial charge in [0.05, 0.1) is 16.8 Å². The number of fused-ring (bicyclic) bond motifs is 1. The van der Waals surface area contributed by atoms with E-state index in [0.29, 0.717) is 12.2 Å². The molecule has 3 aromatic rings. The van der Waals surface area contributed by atoms with Gasteiger partial charge in [0.1, 0.15) is 5.75 Å². The number of anilines is 1. The minimum absolute atomic E-state index is 0.139. The first-order valence-electron chi connectivity index (χ1n) is 9.35. The Kier molecular flexibility index (Phi) is 5.34. The van der Waals surface area contributed by atoms with Crippen LogP contribution in [0.25, 0.3) is 11.0 Å². The van der Waals surface area contributed by atoms with E-state index < -0.39 is 0 Å². The summed E-state index contributed by atoms with van der Waals surface area (Å²) >= 11 is 1.37. The van der Waals surface area contributed by atoms with Crippen molar-refractivity contribution in [3.63, 3.8) is 0 Å². The molecule has 1 fully saturated rings. The molecular weight excluding hydrogens is 374 g/mol. The number of rotatable bonds is 6. The highest BCUT2D eigenvalue weighted by molar-refractivity contribution is 7.99. The molecule has 1 saturated heterocycles. The molecule has 1 aliphatic heterocycles. The Bertz CT molecular complexity index is 1010. The van der Waals surface area contributed by atoms with Crippen LogP contribution in [-0.4, -0.2) is 33.7 Å². The lowest BCUT2D eigenvalue weighted by Gasteiger charge is -2.15. The highest BCUT2D eigenvalue weighted by Gasteiger charge is 2.21. The number of aromatic nitrogens is 2. The van der Waals surface area contributed by atoms with Crippen LogP contribution >= 0.6 is 11.8 Å². The van der Waals surface area contributed by atoms with Crippen LogP contribution in [0.4, 0.5) is 5.69 Å². The summed E-state index contributed by atoms with van der Waals surface area (Å²) in [5, 5.41) is 0.809. The van der Waals surface area contributed by atoms with Crippen molar-refractivity contribution in [1.82, 2.24) is 9.55 Å². The summed E-state index contributed by atoms with van der Waals surface area (Å²) in [6.07, 6.45) is 1.48. The van der Waals surface area contributed by atoms with Crippen molar-refractivity contribution in [2.45, 2.75) is 31.5 Å². The van der Waals surface area contributed by atoms with Gasteiger partial charge in [-0.2, -0.15) is 0 Å². The third-order valence-electron chi connectivity index (χ3n) is 4.71. The van der Waals surface area contributed by atoms with Crippen molar-refractivity contribution in [2.24, 2.45) is 0 Å². The third kappa shape index (κ3) is 3.75. The summed E-state index contributed by atoms with van der Waals surface area (Å²) in [5.41, 5.74) is 2.83. The quantitative estimate of drug-likeness (QED) is 0.360. The smallest absolute Gasteiger partial charge is 0.321 e. The van der Waals surface area contributed by atoms with Gasteiger partial charge in [0, 0.05) is 25.2 Å². The van der Waals surface area contributed by atoms with Crippen LogP contribution in [0, 0.1) is 0 Å². The van der Waals surface area contributed by atoms with E-state index in [1.807, 2.05) is 36.4 Å². The number of para-hydroxylation sites is 2. The van der Waals surface area contributed by atoms with Gasteiger partial charge in [0.2, 0.25) is 5.91 Å². The number of amides is 1. The molecule has 1 amide bonds. The average Bonchev–Trinajstić information content (AvgIpc) is 3.29. The number of carbonyl (C=O) groups excluding carboxylic acids is 2. The summed E-state index contributed by atoms with van der Waals surface area (Å²) in [6.45, 7) is 3.59. The van der Waals surface area contributed by atoms with E-state index in [9.17, 15) is 9.59 Å². The Hall–Kier alpha value is -2.80. The van der Waals surface area contributed by atoms with Crippen LogP contribution < -0.4 is 9.64 Å². The van der Waals surface area contributed by atoms with E-state index in [-0.39, 0.29) is 17.6 Å². The normalized spacial score (nSPS) is 14.0. The fourth-order valence-corrected chi connectivity index (χ4v) is 4.22. The minimum atomic E-state index is -0.329. The zero-order chi connectivity index (χ0) is 19.5. The highest BCUT2D eigenvalue weighted by Crippen LogP contribution is 2.26. The minimum Gasteiger partial charge on any atom is -0.426 e. The Labute approximate surface area is 167 Å². The van der Waals surface area contributed by atoms with Crippen molar-refractivity contribution in [2.75, 3.05) is 17.2 Å². The lowest BCUT2D eigenvalue weighted by atomic mass is 10.3. The molecule has 6 nitrogen and oxygen atoms in total. The standard InChI is InChI=1S/C21H21N3O3S/c1-2-23-18-7-4-3-6-17(18)22-21(23)28-14-20(26)27-16-11-9-15(10-12-16)24-13-5-8-19(24)25/h3-4,6-7,9-12H,2,5,8,13-14H2,1H3. The van der Waals surface area contributed by atoms with Gasteiger partial charge in [-0.15, -0.1) is 0 Å². The number of esters is 1. The van der Waals surface area contributed by atoms with Crippen molar-refractivity contribution in [3.8, 4) is 5.75 Å². The molecular formula is C21H21N3O3S. The van der Waals surface area contributed by atoms with Gasteiger partial charge in [-0.05, 0) is 49.7 Å². The summed E-state index contributed by atoms with van der Waals surface area (Å²) in [4.78, 5) is 30.4. The number of hydrogen-bond donors (Lipinski definition) is 0. The number of thioether (sulfide) groups is 1. The molecule has 0 saturated carbocycles. The lowest BCUT2D eigenvalue weighted by molar-refractivity contribution is -0.131.